The van der Waals surface area contributed by atoms with E-state index in [1.165, 1.54) is 0 Å². The number of urea groups is 1. The van der Waals surface area contributed by atoms with E-state index < -0.39 is 0 Å². The Morgan fingerprint density at radius 3 is 2.92 bits per heavy atom. The van der Waals surface area contributed by atoms with E-state index in [-0.39, 0.29) is 18.2 Å². The fourth-order valence-electron chi connectivity index (χ4n) is 2.54. The van der Waals surface area contributed by atoms with Crippen molar-refractivity contribution < 1.29 is 14.3 Å². The minimum Gasteiger partial charge on any atom is -0.486 e. The fourth-order valence-corrected chi connectivity index (χ4v) is 2.54. The first-order valence-corrected chi connectivity index (χ1v) is 8.10. The van der Waals surface area contributed by atoms with Gasteiger partial charge in [0.15, 0.2) is 11.5 Å². The van der Waals surface area contributed by atoms with Crippen molar-refractivity contribution >= 4 is 11.8 Å². The summed E-state index contributed by atoms with van der Waals surface area (Å²) in [4.78, 5) is 12.0. The molecule has 2 aromatic rings. The van der Waals surface area contributed by atoms with Crippen LogP contribution in [0.25, 0.3) is 0 Å². The van der Waals surface area contributed by atoms with Crippen LogP contribution in [0.4, 0.5) is 10.6 Å². The number of anilines is 1. The van der Waals surface area contributed by atoms with Gasteiger partial charge in [0.2, 0.25) is 0 Å². The Morgan fingerprint density at radius 1 is 1.33 bits per heavy atom. The molecule has 3 rings (SSSR count). The zero-order valence-corrected chi connectivity index (χ0v) is 13.9. The Kier molecular flexibility index (Phi) is 4.88. The number of para-hydroxylation sites is 2. The van der Waals surface area contributed by atoms with Crippen LogP contribution in [-0.2, 0) is 0 Å². The number of ether oxygens (including phenoxy) is 2. The molecule has 2 amide bonds. The zero-order valence-electron chi connectivity index (χ0n) is 13.9. The smallest absolute Gasteiger partial charge is 0.320 e. The molecule has 1 aliphatic rings. The lowest BCUT2D eigenvalue weighted by atomic mass is 10.2. The maximum absolute atomic E-state index is 12.0. The molecule has 0 spiro atoms. The van der Waals surface area contributed by atoms with Crippen molar-refractivity contribution in [1.82, 2.24) is 15.1 Å². The molecule has 1 atom stereocenters. The predicted octanol–water partition coefficient (Wildman–Crippen LogP) is 2.82. The molecule has 0 radical (unpaired) electrons. The number of aromatic nitrogens is 2. The average molecular weight is 330 g/mol. The maximum atomic E-state index is 12.0. The fraction of sp³-hybridized carbons (Fsp3) is 0.412. The Labute approximate surface area is 140 Å². The van der Waals surface area contributed by atoms with Gasteiger partial charge >= 0.3 is 6.03 Å². The standard InChI is InChI=1S/C17H22N4O3/c1-12(2)21-16(8-10-19-21)20-17(22)18-9-7-13-11-23-14-5-3-4-6-15(14)24-13/h3-6,8,10,12-13H,7,9,11H2,1-2H3,(H2,18,20,22). The van der Waals surface area contributed by atoms with E-state index in [1.54, 1.807) is 16.9 Å². The van der Waals surface area contributed by atoms with Gasteiger partial charge in [-0.3, -0.25) is 5.32 Å². The molecule has 7 heteroatoms. The summed E-state index contributed by atoms with van der Waals surface area (Å²) < 4.78 is 13.3. The lowest BCUT2D eigenvalue weighted by molar-refractivity contribution is 0.0854. The van der Waals surface area contributed by atoms with Gasteiger partial charge in [0.25, 0.3) is 0 Å². The van der Waals surface area contributed by atoms with Crippen molar-refractivity contribution in [3.63, 3.8) is 0 Å². The quantitative estimate of drug-likeness (QED) is 0.884. The third-order valence-corrected chi connectivity index (χ3v) is 3.72. The summed E-state index contributed by atoms with van der Waals surface area (Å²) >= 11 is 0. The van der Waals surface area contributed by atoms with Crippen molar-refractivity contribution in [3.05, 3.63) is 36.5 Å². The van der Waals surface area contributed by atoms with Crippen LogP contribution >= 0.6 is 0 Å². The van der Waals surface area contributed by atoms with Gasteiger partial charge in [-0.25, -0.2) is 9.48 Å². The Hall–Kier alpha value is -2.70. The summed E-state index contributed by atoms with van der Waals surface area (Å²) in [7, 11) is 0. The lowest BCUT2D eigenvalue weighted by Crippen LogP contribution is -2.36. The van der Waals surface area contributed by atoms with Crippen LogP contribution in [0.5, 0.6) is 11.5 Å². The summed E-state index contributed by atoms with van der Waals surface area (Å²) in [5.41, 5.74) is 0. The number of hydrogen-bond acceptors (Lipinski definition) is 4. The molecule has 0 aliphatic carbocycles. The van der Waals surface area contributed by atoms with E-state index >= 15 is 0 Å². The zero-order chi connectivity index (χ0) is 16.9. The second kappa shape index (κ2) is 7.25. The Balaban J connectivity index is 1.44. The van der Waals surface area contributed by atoms with Gasteiger partial charge in [-0.05, 0) is 26.0 Å². The van der Waals surface area contributed by atoms with Crippen molar-refractivity contribution in [3.8, 4) is 11.5 Å². The highest BCUT2D eigenvalue weighted by Gasteiger charge is 2.20. The van der Waals surface area contributed by atoms with Gasteiger partial charge in [0.1, 0.15) is 18.5 Å². The number of nitrogens with zero attached hydrogens (tertiary/aromatic N) is 2. The molecule has 1 aromatic heterocycles. The predicted molar refractivity (Wildman–Crippen MR) is 90.6 cm³/mol. The van der Waals surface area contributed by atoms with E-state index in [1.807, 2.05) is 38.1 Å². The number of benzene rings is 1. The van der Waals surface area contributed by atoms with Crippen LogP contribution in [-0.4, -0.2) is 35.1 Å². The van der Waals surface area contributed by atoms with Crippen LogP contribution in [0.15, 0.2) is 36.5 Å². The largest absolute Gasteiger partial charge is 0.486 e. The van der Waals surface area contributed by atoms with E-state index in [0.717, 1.165) is 11.5 Å². The third kappa shape index (κ3) is 3.79. The summed E-state index contributed by atoms with van der Waals surface area (Å²) in [6.07, 6.45) is 2.27. The highest BCUT2D eigenvalue weighted by Crippen LogP contribution is 2.31. The molecule has 1 aromatic carbocycles. The molecule has 7 nitrogen and oxygen atoms in total. The average Bonchev–Trinajstić information content (AvgIpc) is 3.03. The number of carbonyl (C=O) groups is 1. The SMILES string of the molecule is CC(C)n1nccc1NC(=O)NCCC1COc2ccccc2O1. The first-order valence-electron chi connectivity index (χ1n) is 8.10. The summed E-state index contributed by atoms with van der Waals surface area (Å²) in [5, 5.41) is 9.82. The molecule has 0 saturated carbocycles. The second-order valence-electron chi connectivity index (χ2n) is 5.92. The van der Waals surface area contributed by atoms with Crippen molar-refractivity contribution in [2.45, 2.75) is 32.4 Å². The van der Waals surface area contributed by atoms with Gasteiger partial charge in [0.05, 0.1) is 6.20 Å². The molecule has 2 N–H and O–H groups in total. The Bertz CT molecular complexity index is 699. The number of rotatable bonds is 5. The minimum absolute atomic E-state index is 0.0682. The number of amides is 2. The van der Waals surface area contributed by atoms with Crippen LogP contribution in [0.3, 0.4) is 0 Å². The summed E-state index contributed by atoms with van der Waals surface area (Å²) in [6, 6.07) is 9.29. The second-order valence-corrected chi connectivity index (χ2v) is 5.92. The number of nitrogens with one attached hydrogen (secondary N) is 2. The van der Waals surface area contributed by atoms with Gasteiger partial charge < -0.3 is 14.8 Å². The van der Waals surface area contributed by atoms with Crippen molar-refractivity contribution in [2.24, 2.45) is 0 Å². The maximum Gasteiger partial charge on any atom is 0.320 e. The Morgan fingerprint density at radius 2 is 2.12 bits per heavy atom. The van der Waals surface area contributed by atoms with Crippen molar-refractivity contribution in [2.75, 3.05) is 18.5 Å². The molecular weight excluding hydrogens is 308 g/mol. The molecule has 24 heavy (non-hydrogen) atoms. The topological polar surface area (TPSA) is 77.4 Å². The molecular formula is C17H22N4O3. The van der Waals surface area contributed by atoms with Crippen LogP contribution in [0.2, 0.25) is 0 Å². The van der Waals surface area contributed by atoms with Gasteiger partial charge in [-0.1, -0.05) is 12.1 Å². The highest BCUT2D eigenvalue weighted by molar-refractivity contribution is 5.88. The molecule has 0 bridgehead atoms. The van der Waals surface area contributed by atoms with Gasteiger partial charge in [-0.2, -0.15) is 5.10 Å². The molecule has 128 valence electrons. The van der Waals surface area contributed by atoms with Gasteiger partial charge in [-0.15, -0.1) is 0 Å². The molecule has 0 saturated heterocycles. The summed E-state index contributed by atoms with van der Waals surface area (Å²) in [6.45, 7) is 5.00. The van der Waals surface area contributed by atoms with Gasteiger partial charge in [0, 0.05) is 25.1 Å². The highest BCUT2D eigenvalue weighted by atomic mass is 16.6. The normalized spacial score (nSPS) is 16.0. The summed E-state index contributed by atoms with van der Waals surface area (Å²) in [5.74, 6) is 2.19. The molecule has 1 unspecified atom stereocenters. The third-order valence-electron chi connectivity index (χ3n) is 3.72. The van der Waals surface area contributed by atoms with Crippen LogP contribution < -0.4 is 20.1 Å². The molecule has 0 fully saturated rings. The van der Waals surface area contributed by atoms with E-state index in [4.69, 9.17) is 9.47 Å². The first kappa shape index (κ1) is 16.2. The van der Waals surface area contributed by atoms with Crippen LogP contribution in [0, 0.1) is 0 Å². The minimum atomic E-state index is -0.255. The molecule has 2 heterocycles. The lowest BCUT2D eigenvalue weighted by Gasteiger charge is -2.26. The van der Waals surface area contributed by atoms with E-state index in [9.17, 15) is 4.79 Å². The first-order chi connectivity index (χ1) is 11.6. The monoisotopic (exact) mass is 330 g/mol. The number of carbonyl (C=O) groups excluding carboxylic acids is 1. The van der Waals surface area contributed by atoms with Crippen molar-refractivity contribution in [1.29, 1.82) is 0 Å². The molecule has 1 aliphatic heterocycles. The van der Waals surface area contributed by atoms with E-state index in [0.29, 0.717) is 25.4 Å². The van der Waals surface area contributed by atoms with E-state index in [2.05, 4.69) is 15.7 Å². The number of fused-ring (bicyclic) bond motifs is 1. The number of hydrogen-bond donors (Lipinski definition) is 2. The van der Waals surface area contributed by atoms with Crippen LogP contribution in [0.1, 0.15) is 26.3 Å².